The number of aliphatic hydroxyl groups is 1. The van der Waals surface area contributed by atoms with E-state index in [-0.39, 0.29) is 10.0 Å². The molecule has 0 saturated carbocycles. The number of carboxylic acids is 2. The first kappa shape index (κ1) is 32.8. The number of benzene rings is 2. The first-order chi connectivity index (χ1) is 18.3. The smallest absolute Gasteiger partial charge is 0.337 e. The monoisotopic (exact) mass is 698 g/mol. The van der Waals surface area contributed by atoms with Gasteiger partial charge in [0, 0.05) is 13.1 Å². The lowest BCUT2D eigenvalue weighted by Crippen LogP contribution is -2.49. The lowest BCUT2D eigenvalue weighted by atomic mass is 10.2. The van der Waals surface area contributed by atoms with E-state index in [1.807, 2.05) is 4.72 Å². The maximum Gasteiger partial charge on any atom is 0.337 e. The molecule has 1 heterocycles. The number of carboxylic acid groups (broad SMARTS) is 2. The molecule has 2 atom stereocenters. The number of hydrogen-bond donors (Lipinski definition) is 4. The fourth-order valence-electron chi connectivity index (χ4n) is 3.83. The van der Waals surface area contributed by atoms with Gasteiger partial charge in [-0.05, 0) is 24.3 Å². The molecule has 0 aromatic heterocycles. The normalized spacial score (nSPS) is 19.1. The Morgan fingerprint density at radius 3 is 1.77 bits per heavy atom. The van der Waals surface area contributed by atoms with Crippen LogP contribution >= 0.6 is 46.4 Å². The number of hydrogen-bond acceptors (Lipinski definition) is 9. The molecule has 13 nitrogen and oxygen atoms in total. The van der Waals surface area contributed by atoms with Crippen molar-refractivity contribution in [1.82, 2.24) is 9.03 Å². The van der Waals surface area contributed by atoms with E-state index in [9.17, 15) is 50.2 Å². The van der Waals surface area contributed by atoms with Crippen LogP contribution in [0.4, 0.5) is 0 Å². The Hall–Kier alpha value is -1.73. The van der Waals surface area contributed by atoms with E-state index in [4.69, 9.17) is 46.4 Å². The van der Waals surface area contributed by atoms with Crippen LogP contribution in [0.15, 0.2) is 34.1 Å². The van der Waals surface area contributed by atoms with Crippen molar-refractivity contribution >= 4 is 88.2 Å². The van der Waals surface area contributed by atoms with E-state index in [0.29, 0.717) is 16.4 Å². The van der Waals surface area contributed by atoms with Crippen LogP contribution in [-0.4, -0.2) is 93.6 Å². The largest absolute Gasteiger partial charge is 0.478 e. The third-order valence-corrected chi connectivity index (χ3v) is 12.3. The zero-order valence-electron chi connectivity index (χ0n) is 19.6. The molecule has 2 aromatic carbocycles. The van der Waals surface area contributed by atoms with Gasteiger partial charge >= 0.3 is 11.9 Å². The molecule has 2 unspecified atom stereocenters. The van der Waals surface area contributed by atoms with Crippen LogP contribution < -0.4 is 4.72 Å². The van der Waals surface area contributed by atoms with Crippen molar-refractivity contribution in [2.24, 2.45) is 0 Å². The second-order valence-electron chi connectivity index (χ2n) is 8.36. The Morgan fingerprint density at radius 1 is 0.850 bits per heavy atom. The van der Waals surface area contributed by atoms with E-state index in [0.717, 1.165) is 12.1 Å². The molecule has 0 aliphatic carbocycles. The molecule has 3 rings (SSSR count). The molecule has 20 heteroatoms. The first-order valence-electron chi connectivity index (χ1n) is 10.6. The van der Waals surface area contributed by atoms with Crippen LogP contribution in [0.2, 0.25) is 20.1 Å². The predicted molar refractivity (Wildman–Crippen MR) is 144 cm³/mol. The molecule has 0 bridgehead atoms. The highest BCUT2D eigenvalue weighted by Gasteiger charge is 2.45. The van der Waals surface area contributed by atoms with Crippen molar-refractivity contribution < 1.29 is 50.2 Å². The Balaban J connectivity index is 2.01. The second kappa shape index (κ2) is 11.9. The Labute approximate surface area is 248 Å². The quantitative estimate of drug-likeness (QED) is 0.281. The van der Waals surface area contributed by atoms with E-state index >= 15 is 0 Å². The van der Waals surface area contributed by atoms with Gasteiger partial charge in [0.2, 0.25) is 20.0 Å². The highest BCUT2D eigenvalue weighted by atomic mass is 35.5. The zero-order chi connectivity index (χ0) is 30.4. The van der Waals surface area contributed by atoms with Crippen molar-refractivity contribution in [3.05, 3.63) is 55.5 Å². The van der Waals surface area contributed by atoms with Crippen molar-refractivity contribution in [1.29, 1.82) is 0 Å². The fraction of sp³-hybridized carbons (Fsp3) is 0.300. The summed E-state index contributed by atoms with van der Waals surface area (Å²) < 4.78 is 79.9. The van der Waals surface area contributed by atoms with E-state index in [1.54, 1.807) is 0 Å². The molecule has 0 spiro atoms. The number of rotatable bonds is 10. The van der Waals surface area contributed by atoms with Gasteiger partial charge < -0.3 is 15.3 Å². The second-order valence-corrected chi connectivity index (χ2v) is 15.7. The molecule has 1 aliphatic rings. The zero-order valence-corrected chi connectivity index (χ0v) is 25.1. The summed E-state index contributed by atoms with van der Waals surface area (Å²) in [6, 6.07) is 1.48. The van der Waals surface area contributed by atoms with Crippen LogP contribution in [0.3, 0.4) is 0 Å². The minimum absolute atomic E-state index is 0.342. The van der Waals surface area contributed by atoms with Crippen molar-refractivity contribution in [3.8, 4) is 0 Å². The van der Waals surface area contributed by atoms with Gasteiger partial charge in [-0.3, -0.25) is 0 Å². The van der Waals surface area contributed by atoms with Gasteiger partial charge in [0.25, 0.3) is 0 Å². The molecular formula is C20H18Cl4N2O11S3. The van der Waals surface area contributed by atoms with Gasteiger partial charge in [0.1, 0.15) is 9.79 Å². The summed E-state index contributed by atoms with van der Waals surface area (Å²) in [6.45, 7) is -1.51. The highest BCUT2D eigenvalue weighted by molar-refractivity contribution is 7.92. The van der Waals surface area contributed by atoms with Crippen LogP contribution in [-0.2, 0) is 29.9 Å². The molecule has 2 aromatic rings. The minimum Gasteiger partial charge on any atom is -0.478 e. The summed E-state index contributed by atoms with van der Waals surface area (Å²) in [5.74, 6) is -4.76. The number of aromatic carboxylic acids is 2. The number of sulfone groups is 1. The number of carbonyl (C=O) groups is 2. The molecule has 1 aliphatic heterocycles. The van der Waals surface area contributed by atoms with Crippen LogP contribution in [0.25, 0.3) is 0 Å². The van der Waals surface area contributed by atoms with Gasteiger partial charge in [-0.2, -0.15) is 4.31 Å². The topological polar surface area (TPSA) is 213 Å². The van der Waals surface area contributed by atoms with Crippen molar-refractivity contribution in [2.45, 2.75) is 21.9 Å². The standard InChI is InChI=1S/C20H18Cl4N2O11S3/c21-11-5-13(23)17(3-9(11)19(28)29)39(34,35)25-1-2-26(15-7-38(32,33)8-16(15)27)40(36,37)18-4-10(20(30)31)12(22)6-14(18)24/h3-6,15-16,25,27H,1-2,7-8H2,(H,28,29)(H,30,31). The molecule has 40 heavy (non-hydrogen) atoms. The Morgan fingerprint density at radius 2 is 1.32 bits per heavy atom. The molecule has 1 fully saturated rings. The summed E-state index contributed by atoms with van der Waals surface area (Å²) in [6.07, 6.45) is -1.72. The van der Waals surface area contributed by atoms with E-state index in [2.05, 4.69) is 0 Å². The summed E-state index contributed by atoms with van der Waals surface area (Å²) >= 11 is 23.6. The summed E-state index contributed by atoms with van der Waals surface area (Å²) in [4.78, 5) is 21.4. The number of sulfonamides is 2. The molecular weight excluding hydrogens is 682 g/mol. The van der Waals surface area contributed by atoms with Crippen molar-refractivity contribution in [3.63, 3.8) is 0 Å². The maximum atomic E-state index is 13.6. The first-order valence-corrected chi connectivity index (χ1v) is 16.9. The number of aliphatic hydroxyl groups excluding tert-OH is 1. The molecule has 4 N–H and O–H groups in total. The fourth-order valence-corrected chi connectivity index (χ4v) is 10.1. The third kappa shape index (κ3) is 6.83. The summed E-state index contributed by atoms with van der Waals surface area (Å²) in [5, 5.41) is 27.3. The summed E-state index contributed by atoms with van der Waals surface area (Å²) in [5.41, 5.74) is -1.22. The van der Waals surface area contributed by atoms with Gasteiger partial charge in [-0.25, -0.2) is 39.6 Å². The average molecular weight is 700 g/mol. The van der Waals surface area contributed by atoms with Crippen LogP contribution in [0.1, 0.15) is 20.7 Å². The third-order valence-electron chi connectivity index (χ3n) is 5.67. The van der Waals surface area contributed by atoms with Crippen LogP contribution in [0.5, 0.6) is 0 Å². The Kier molecular flexibility index (Phi) is 9.73. The maximum absolute atomic E-state index is 13.6. The molecule has 0 radical (unpaired) electrons. The summed E-state index contributed by atoms with van der Waals surface area (Å²) in [7, 11) is -13.4. The average Bonchev–Trinajstić information content (AvgIpc) is 3.07. The van der Waals surface area contributed by atoms with Gasteiger partial charge in [0.05, 0.1) is 54.9 Å². The van der Waals surface area contributed by atoms with E-state index in [1.165, 1.54) is 0 Å². The van der Waals surface area contributed by atoms with Gasteiger partial charge in [-0.15, -0.1) is 0 Å². The number of halogens is 4. The van der Waals surface area contributed by atoms with Crippen molar-refractivity contribution in [2.75, 3.05) is 24.6 Å². The molecule has 1 saturated heterocycles. The highest BCUT2D eigenvalue weighted by Crippen LogP contribution is 2.33. The Bertz CT molecular complexity index is 1720. The SMILES string of the molecule is O=C(O)c1cc(S(=O)(=O)NCCN(C2CS(=O)(=O)CC2O)S(=O)(=O)c2cc(C(=O)O)c(Cl)cc2Cl)c(Cl)cc1Cl. The molecule has 220 valence electrons. The number of nitrogens with zero attached hydrogens (tertiary/aromatic N) is 1. The van der Waals surface area contributed by atoms with Gasteiger partial charge in [-0.1, -0.05) is 46.4 Å². The lowest BCUT2D eigenvalue weighted by molar-refractivity contribution is 0.0686. The minimum atomic E-state index is -4.89. The van der Waals surface area contributed by atoms with E-state index < -0.39 is 110 Å². The predicted octanol–water partition coefficient (Wildman–Crippen LogP) is 1.82. The van der Waals surface area contributed by atoms with Crippen LogP contribution in [0, 0.1) is 0 Å². The molecule has 0 amide bonds. The lowest BCUT2D eigenvalue weighted by Gasteiger charge is -2.30. The number of nitrogens with one attached hydrogen (secondary N) is 1. The van der Waals surface area contributed by atoms with Gasteiger partial charge in [0.15, 0.2) is 9.84 Å².